The number of hydrogen-bond donors (Lipinski definition) is 0. The normalized spacial score (nSPS) is 16.2. The van der Waals surface area contributed by atoms with E-state index in [0.717, 1.165) is 11.1 Å². The number of ether oxygens (including phenoxy) is 1. The number of hydrogen-bond acceptors (Lipinski definition) is 5. The molecular formula is C25H21ClN2O3S. The van der Waals surface area contributed by atoms with Gasteiger partial charge in [0.15, 0.2) is 4.80 Å². The van der Waals surface area contributed by atoms with Crippen molar-refractivity contribution in [1.82, 2.24) is 4.57 Å². The zero-order chi connectivity index (χ0) is 22.7. The number of rotatable bonds is 5. The summed E-state index contributed by atoms with van der Waals surface area (Å²) in [5.74, 6) is -0.475. The van der Waals surface area contributed by atoms with Crippen molar-refractivity contribution < 1.29 is 9.53 Å². The second-order valence-corrected chi connectivity index (χ2v) is 8.55. The summed E-state index contributed by atoms with van der Waals surface area (Å²) in [4.78, 5) is 31.3. The first-order chi connectivity index (χ1) is 15.5. The van der Waals surface area contributed by atoms with Crippen molar-refractivity contribution in [3.63, 3.8) is 0 Å². The fourth-order valence-corrected chi connectivity index (χ4v) is 4.75. The molecule has 2 aromatic carbocycles. The molecule has 3 aromatic rings. The van der Waals surface area contributed by atoms with E-state index >= 15 is 0 Å². The molecule has 0 N–H and O–H groups in total. The number of allylic oxidation sites excluding steroid dienone is 2. The summed E-state index contributed by atoms with van der Waals surface area (Å²) in [5, 5.41) is 0.558. The molecule has 1 aliphatic heterocycles. The Balaban J connectivity index is 1.89. The molecular weight excluding hydrogens is 444 g/mol. The fraction of sp³-hybridized carbons (Fsp3) is 0.160. The van der Waals surface area contributed by atoms with Gasteiger partial charge in [0.05, 0.1) is 28.5 Å². The Morgan fingerprint density at radius 3 is 2.62 bits per heavy atom. The molecule has 1 atom stereocenters. The van der Waals surface area contributed by atoms with Crippen LogP contribution in [0, 0.1) is 0 Å². The van der Waals surface area contributed by atoms with Gasteiger partial charge < -0.3 is 4.74 Å². The third-order valence-corrected chi connectivity index (χ3v) is 6.35. The van der Waals surface area contributed by atoms with Crippen LogP contribution in [0.1, 0.15) is 31.0 Å². The monoisotopic (exact) mass is 464 g/mol. The summed E-state index contributed by atoms with van der Waals surface area (Å²) in [6.45, 7) is 3.75. The van der Waals surface area contributed by atoms with Crippen LogP contribution in [0.2, 0.25) is 5.02 Å². The largest absolute Gasteiger partial charge is 0.463 e. The predicted octanol–water partition coefficient (Wildman–Crippen LogP) is 4.12. The number of carbonyl (C=O) groups is 1. The first kappa shape index (κ1) is 22.0. The molecule has 0 aliphatic carbocycles. The van der Waals surface area contributed by atoms with Gasteiger partial charge in [-0.05, 0) is 37.1 Å². The summed E-state index contributed by atoms with van der Waals surface area (Å²) in [5.41, 5.74) is 2.37. The fourth-order valence-electron chi connectivity index (χ4n) is 3.52. The molecule has 32 heavy (non-hydrogen) atoms. The van der Waals surface area contributed by atoms with Crippen LogP contribution < -0.4 is 14.9 Å². The SMILES string of the molecule is CCOC(=O)C1=C(C)N=c2sc(=Cc3ccccc3Cl)c(=O)n2[C@@H]1/C=C/c1ccccc1. The van der Waals surface area contributed by atoms with Crippen LogP contribution in [-0.4, -0.2) is 17.1 Å². The summed E-state index contributed by atoms with van der Waals surface area (Å²) < 4.78 is 7.32. The number of thiazole rings is 1. The van der Waals surface area contributed by atoms with E-state index in [4.69, 9.17) is 16.3 Å². The Hall–Kier alpha value is -3.22. The van der Waals surface area contributed by atoms with Crippen LogP contribution in [0.15, 0.2) is 81.7 Å². The molecule has 0 saturated carbocycles. The van der Waals surface area contributed by atoms with Gasteiger partial charge in [-0.25, -0.2) is 9.79 Å². The van der Waals surface area contributed by atoms with Crippen molar-refractivity contribution in [3.05, 3.63) is 108 Å². The highest BCUT2D eigenvalue weighted by atomic mass is 35.5. The van der Waals surface area contributed by atoms with Crippen molar-refractivity contribution in [1.29, 1.82) is 0 Å². The zero-order valence-corrected chi connectivity index (χ0v) is 19.2. The molecule has 0 radical (unpaired) electrons. The minimum atomic E-state index is -0.626. The van der Waals surface area contributed by atoms with Gasteiger partial charge in [-0.2, -0.15) is 0 Å². The van der Waals surface area contributed by atoms with E-state index in [-0.39, 0.29) is 12.2 Å². The number of nitrogens with zero attached hydrogens (tertiary/aromatic N) is 2. The molecule has 0 fully saturated rings. The molecule has 0 saturated heterocycles. The minimum Gasteiger partial charge on any atom is -0.463 e. The second kappa shape index (κ2) is 9.51. The van der Waals surface area contributed by atoms with E-state index in [1.165, 1.54) is 11.3 Å². The quantitative estimate of drug-likeness (QED) is 0.534. The number of esters is 1. The van der Waals surface area contributed by atoms with Crippen molar-refractivity contribution in [2.45, 2.75) is 19.9 Å². The van der Waals surface area contributed by atoms with E-state index in [1.54, 1.807) is 30.6 Å². The first-order valence-electron chi connectivity index (χ1n) is 10.2. The van der Waals surface area contributed by atoms with Crippen molar-refractivity contribution in [2.75, 3.05) is 6.61 Å². The van der Waals surface area contributed by atoms with Gasteiger partial charge in [0.2, 0.25) is 0 Å². The zero-order valence-electron chi connectivity index (χ0n) is 17.6. The number of benzene rings is 2. The molecule has 5 nitrogen and oxygen atoms in total. The average Bonchev–Trinajstić information content (AvgIpc) is 3.09. The first-order valence-corrected chi connectivity index (χ1v) is 11.4. The van der Waals surface area contributed by atoms with E-state index in [0.29, 0.717) is 25.6 Å². The number of fused-ring (bicyclic) bond motifs is 1. The van der Waals surface area contributed by atoms with Gasteiger partial charge >= 0.3 is 5.97 Å². The Bertz CT molecular complexity index is 1400. The van der Waals surface area contributed by atoms with E-state index in [2.05, 4.69) is 4.99 Å². The van der Waals surface area contributed by atoms with Crippen LogP contribution in [0.25, 0.3) is 12.2 Å². The van der Waals surface area contributed by atoms with Crippen molar-refractivity contribution in [2.24, 2.45) is 4.99 Å². The Morgan fingerprint density at radius 1 is 1.19 bits per heavy atom. The molecule has 1 aromatic heterocycles. The maximum Gasteiger partial charge on any atom is 0.338 e. The van der Waals surface area contributed by atoms with E-state index < -0.39 is 12.0 Å². The smallest absolute Gasteiger partial charge is 0.338 e. The van der Waals surface area contributed by atoms with Gasteiger partial charge in [-0.3, -0.25) is 9.36 Å². The lowest BCUT2D eigenvalue weighted by Gasteiger charge is -2.21. The van der Waals surface area contributed by atoms with Crippen LogP contribution in [-0.2, 0) is 9.53 Å². The van der Waals surface area contributed by atoms with Crippen molar-refractivity contribution in [3.8, 4) is 0 Å². The predicted molar refractivity (Wildman–Crippen MR) is 128 cm³/mol. The van der Waals surface area contributed by atoms with Crippen molar-refractivity contribution >= 4 is 41.1 Å². The topological polar surface area (TPSA) is 60.7 Å². The minimum absolute atomic E-state index is 0.231. The molecule has 7 heteroatoms. The number of halogens is 1. The third-order valence-electron chi connectivity index (χ3n) is 5.02. The standard InChI is InChI=1S/C25H21ClN2O3S/c1-3-31-24(30)22-16(2)27-25-28(20(22)14-13-17-9-5-4-6-10-17)23(29)21(32-25)15-18-11-7-8-12-19(18)26/h4-15,20H,3H2,1-2H3/b14-13+,21-15?/t20-/m1/s1. The molecule has 162 valence electrons. The van der Waals surface area contributed by atoms with Crippen LogP contribution in [0.4, 0.5) is 0 Å². The molecule has 0 spiro atoms. The Labute approximate surface area is 194 Å². The van der Waals surface area contributed by atoms with Gasteiger partial charge in [0, 0.05) is 5.02 Å². The van der Waals surface area contributed by atoms with Gasteiger partial charge in [-0.15, -0.1) is 0 Å². The average molecular weight is 465 g/mol. The third kappa shape index (κ3) is 4.38. The lowest BCUT2D eigenvalue weighted by atomic mass is 10.0. The maximum atomic E-state index is 13.4. The van der Waals surface area contributed by atoms with Gasteiger partial charge in [-0.1, -0.05) is 83.6 Å². The molecule has 1 aliphatic rings. The highest BCUT2D eigenvalue weighted by Gasteiger charge is 2.30. The highest BCUT2D eigenvalue weighted by Crippen LogP contribution is 2.26. The summed E-state index contributed by atoms with van der Waals surface area (Å²) in [7, 11) is 0. The molecule has 2 heterocycles. The Morgan fingerprint density at radius 2 is 1.91 bits per heavy atom. The Kier molecular flexibility index (Phi) is 6.53. The number of carbonyl (C=O) groups excluding carboxylic acids is 1. The van der Waals surface area contributed by atoms with Crippen LogP contribution >= 0.6 is 22.9 Å². The van der Waals surface area contributed by atoms with E-state index in [1.807, 2.05) is 60.7 Å². The van der Waals surface area contributed by atoms with Crippen LogP contribution in [0.5, 0.6) is 0 Å². The molecule has 0 unspecified atom stereocenters. The summed E-state index contributed by atoms with van der Waals surface area (Å²) in [6.07, 6.45) is 5.50. The number of aromatic nitrogens is 1. The van der Waals surface area contributed by atoms with Gasteiger partial charge in [0.1, 0.15) is 0 Å². The highest BCUT2D eigenvalue weighted by molar-refractivity contribution is 7.07. The van der Waals surface area contributed by atoms with E-state index in [9.17, 15) is 9.59 Å². The lowest BCUT2D eigenvalue weighted by Crippen LogP contribution is -2.38. The second-order valence-electron chi connectivity index (χ2n) is 7.14. The van der Waals surface area contributed by atoms with Crippen LogP contribution in [0.3, 0.4) is 0 Å². The van der Waals surface area contributed by atoms with Gasteiger partial charge in [0.25, 0.3) is 5.56 Å². The lowest BCUT2D eigenvalue weighted by molar-refractivity contribution is -0.139. The molecule has 0 amide bonds. The molecule has 0 bridgehead atoms. The summed E-state index contributed by atoms with van der Waals surface area (Å²) in [6, 6.07) is 16.4. The maximum absolute atomic E-state index is 13.4. The summed E-state index contributed by atoms with van der Waals surface area (Å²) >= 11 is 7.55. The molecule has 4 rings (SSSR count).